The molecule has 0 radical (unpaired) electrons. The number of nitrogens with one attached hydrogen (secondary N) is 1. The fourth-order valence-corrected chi connectivity index (χ4v) is 6.19. The van der Waals surface area contributed by atoms with Gasteiger partial charge in [0.1, 0.15) is 5.82 Å². The summed E-state index contributed by atoms with van der Waals surface area (Å²) in [5.74, 6) is 0.787. The molecule has 0 unspecified atom stereocenters. The first-order valence-corrected chi connectivity index (χ1v) is 12.8. The topological polar surface area (TPSA) is 72.5 Å². The largest absolute Gasteiger partial charge is 0.451 e. The summed E-state index contributed by atoms with van der Waals surface area (Å²) in [5, 5.41) is 3.15. The Morgan fingerprint density at radius 2 is 1.79 bits per heavy atom. The summed E-state index contributed by atoms with van der Waals surface area (Å²) in [4.78, 5) is 38.5. The SMILES string of the molecule is C[C@H](OC(=O)c1ccccc1SCC(=O)N[C@H](C)[C@H]1C[C@@H]2CC[C@@H]1C2)C(=O)c1ccc(F)cc1. The maximum atomic E-state index is 13.1. The van der Waals surface area contributed by atoms with Gasteiger partial charge in [0.2, 0.25) is 11.7 Å². The normalized spacial score (nSPS) is 22.7. The second kappa shape index (κ2) is 10.7. The van der Waals surface area contributed by atoms with E-state index in [9.17, 15) is 18.8 Å². The van der Waals surface area contributed by atoms with Crippen LogP contribution in [0.5, 0.6) is 0 Å². The molecule has 7 heteroatoms. The zero-order chi connectivity index (χ0) is 24.2. The lowest BCUT2D eigenvalue weighted by atomic mass is 9.84. The van der Waals surface area contributed by atoms with Gasteiger partial charge in [-0.05, 0) is 87.3 Å². The summed E-state index contributed by atoms with van der Waals surface area (Å²) >= 11 is 1.28. The molecule has 2 saturated carbocycles. The van der Waals surface area contributed by atoms with Crippen molar-refractivity contribution in [2.75, 3.05) is 5.75 Å². The third-order valence-electron chi connectivity index (χ3n) is 7.07. The Labute approximate surface area is 203 Å². The third-order valence-corrected chi connectivity index (χ3v) is 8.14. The predicted molar refractivity (Wildman–Crippen MR) is 129 cm³/mol. The number of carbonyl (C=O) groups is 3. The molecule has 2 aromatic rings. The molecule has 34 heavy (non-hydrogen) atoms. The summed E-state index contributed by atoms with van der Waals surface area (Å²) < 4.78 is 18.5. The number of Topliss-reactive ketones (excluding diaryl/α,β-unsaturated/α-hetero) is 1. The van der Waals surface area contributed by atoms with Crippen molar-refractivity contribution < 1.29 is 23.5 Å². The molecule has 1 amide bonds. The Morgan fingerprint density at radius 1 is 1.06 bits per heavy atom. The van der Waals surface area contributed by atoms with Gasteiger partial charge in [0.15, 0.2) is 6.10 Å². The van der Waals surface area contributed by atoms with Crippen molar-refractivity contribution in [1.82, 2.24) is 5.32 Å². The number of benzene rings is 2. The van der Waals surface area contributed by atoms with Gasteiger partial charge in [-0.15, -0.1) is 11.8 Å². The summed E-state index contributed by atoms with van der Waals surface area (Å²) in [6, 6.07) is 12.2. The Hall–Kier alpha value is -2.67. The number of amides is 1. The van der Waals surface area contributed by atoms with Crippen LogP contribution in [0, 0.1) is 23.6 Å². The lowest BCUT2D eigenvalue weighted by Gasteiger charge is -2.28. The standard InChI is InChI=1S/C27H30FNO4S/c1-16(23-14-18-7-8-20(23)13-18)29-25(30)15-34-24-6-4-3-5-22(24)27(32)33-17(2)26(31)19-9-11-21(28)12-10-19/h3-6,9-12,16-18,20,23H,7-8,13-15H2,1-2H3,(H,29,30)/t16-,17+,18-,20-,23-/m1/s1. The lowest BCUT2D eigenvalue weighted by Crippen LogP contribution is -2.40. The molecule has 5 atom stereocenters. The molecule has 0 aromatic heterocycles. The van der Waals surface area contributed by atoms with Gasteiger partial charge in [-0.25, -0.2) is 9.18 Å². The summed E-state index contributed by atoms with van der Waals surface area (Å²) in [5.41, 5.74) is 0.575. The zero-order valence-electron chi connectivity index (χ0n) is 19.5. The molecule has 2 bridgehead atoms. The Bertz CT molecular complexity index is 1060. The van der Waals surface area contributed by atoms with Crippen LogP contribution in [-0.2, 0) is 9.53 Å². The summed E-state index contributed by atoms with van der Waals surface area (Å²) in [6.07, 6.45) is 4.10. The van der Waals surface area contributed by atoms with Crippen LogP contribution in [0.25, 0.3) is 0 Å². The van der Waals surface area contributed by atoms with Crippen molar-refractivity contribution in [2.24, 2.45) is 17.8 Å². The van der Waals surface area contributed by atoms with Crippen LogP contribution >= 0.6 is 11.8 Å². The number of halogens is 1. The van der Waals surface area contributed by atoms with Gasteiger partial charge in [0, 0.05) is 16.5 Å². The number of ether oxygens (including phenoxy) is 1. The van der Waals surface area contributed by atoms with Crippen molar-refractivity contribution >= 4 is 29.4 Å². The van der Waals surface area contributed by atoms with Crippen molar-refractivity contribution in [2.45, 2.75) is 56.6 Å². The van der Waals surface area contributed by atoms with Gasteiger partial charge >= 0.3 is 5.97 Å². The lowest BCUT2D eigenvalue weighted by molar-refractivity contribution is -0.119. The fourth-order valence-electron chi connectivity index (χ4n) is 5.34. The Morgan fingerprint density at radius 3 is 2.47 bits per heavy atom. The molecule has 2 aliphatic carbocycles. The quantitative estimate of drug-likeness (QED) is 0.298. The smallest absolute Gasteiger partial charge is 0.339 e. The average molecular weight is 484 g/mol. The van der Waals surface area contributed by atoms with Crippen LogP contribution in [0.15, 0.2) is 53.4 Å². The van der Waals surface area contributed by atoms with E-state index in [0.717, 1.165) is 11.8 Å². The minimum Gasteiger partial charge on any atom is -0.451 e. The highest BCUT2D eigenvalue weighted by atomic mass is 32.2. The predicted octanol–water partition coefficient (Wildman–Crippen LogP) is 5.29. The number of rotatable bonds is 9. The van der Waals surface area contributed by atoms with Crippen molar-refractivity contribution in [3.63, 3.8) is 0 Å². The molecule has 1 N–H and O–H groups in total. The van der Waals surface area contributed by atoms with E-state index in [1.54, 1.807) is 24.3 Å². The molecule has 0 spiro atoms. The van der Waals surface area contributed by atoms with Crippen LogP contribution in [0.1, 0.15) is 60.2 Å². The molecule has 5 nitrogen and oxygen atoms in total. The molecule has 2 aliphatic rings. The fraction of sp³-hybridized carbons (Fsp3) is 0.444. The number of ketones is 1. The van der Waals surface area contributed by atoms with Crippen molar-refractivity contribution in [1.29, 1.82) is 0 Å². The molecular formula is C27H30FNO4S. The van der Waals surface area contributed by atoms with Crippen LogP contribution < -0.4 is 5.32 Å². The third kappa shape index (κ3) is 5.69. The maximum absolute atomic E-state index is 13.1. The number of thioether (sulfide) groups is 1. The van der Waals surface area contributed by atoms with Crippen LogP contribution in [0.4, 0.5) is 4.39 Å². The highest BCUT2D eigenvalue weighted by Gasteiger charge is 2.42. The van der Waals surface area contributed by atoms with Crippen LogP contribution in [0.3, 0.4) is 0 Å². The van der Waals surface area contributed by atoms with E-state index >= 15 is 0 Å². The molecule has 180 valence electrons. The first-order valence-electron chi connectivity index (χ1n) is 11.8. The summed E-state index contributed by atoms with van der Waals surface area (Å²) in [6.45, 7) is 3.59. The van der Waals surface area contributed by atoms with Gasteiger partial charge in [-0.1, -0.05) is 18.6 Å². The minimum absolute atomic E-state index is 0.0525. The van der Waals surface area contributed by atoms with Gasteiger partial charge < -0.3 is 10.1 Å². The molecular weight excluding hydrogens is 453 g/mol. The minimum atomic E-state index is -1.03. The Kier molecular flexibility index (Phi) is 7.71. The number of carbonyl (C=O) groups excluding carboxylic acids is 3. The summed E-state index contributed by atoms with van der Waals surface area (Å²) in [7, 11) is 0. The second-order valence-corrected chi connectivity index (χ2v) is 10.4. The Balaban J connectivity index is 1.32. The number of hydrogen-bond acceptors (Lipinski definition) is 5. The van der Waals surface area contributed by atoms with E-state index in [2.05, 4.69) is 12.2 Å². The number of hydrogen-bond donors (Lipinski definition) is 1. The van der Waals surface area contributed by atoms with Crippen molar-refractivity contribution in [3.05, 3.63) is 65.5 Å². The highest BCUT2D eigenvalue weighted by Crippen LogP contribution is 2.49. The monoisotopic (exact) mass is 483 g/mol. The first kappa shape index (κ1) is 24.5. The van der Waals surface area contributed by atoms with E-state index in [0.29, 0.717) is 16.4 Å². The van der Waals surface area contributed by atoms with E-state index in [1.165, 1.54) is 68.6 Å². The molecule has 0 heterocycles. The second-order valence-electron chi connectivity index (χ2n) is 9.40. The molecule has 2 fully saturated rings. The van der Waals surface area contributed by atoms with Gasteiger partial charge in [0.05, 0.1) is 11.3 Å². The van der Waals surface area contributed by atoms with E-state index in [-0.39, 0.29) is 23.3 Å². The number of esters is 1. The maximum Gasteiger partial charge on any atom is 0.339 e. The highest BCUT2D eigenvalue weighted by molar-refractivity contribution is 8.00. The van der Waals surface area contributed by atoms with Gasteiger partial charge in [-0.3, -0.25) is 9.59 Å². The average Bonchev–Trinajstić information content (AvgIpc) is 3.47. The molecule has 0 aliphatic heterocycles. The van der Waals surface area contributed by atoms with E-state index in [4.69, 9.17) is 4.74 Å². The molecule has 4 rings (SSSR count). The van der Waals surface area contributed by atoms with E-state index < -0.39 is 23.7 Å². The number of fused-ring (bicyclic) bond motifs is 2. The van der Waals surface area contributed by atoms with E-state index in [1.807, 2.05) is 0 Å². The zero-order valence-corrected chi connectivity index (χ0v) is 20.3. The first-order chi connectivity index (χ1) is 16.3. The molecule has 2 aromatic carbocycles. The van der Waals surface area contributed by atoms with Gasteiger partial charge in [-0.2, -0.15) is 0 Å². The van der Waals surface area contributed by atoms with Gasteiger partial charge in [0.25, 0.3) is 0 Å². The van der Waals surface area contributed by atoms with Crippen molar-refractivity contribution in [3.8, 4) is 0 Å². The van der Waals surface area contributed by atoms with Crippen LogP contribution in [0.2, 0.25) is 0 Å². The molecule has 0 saturated heterocycles. The van der Waals surface area contributed by atoms with Crippen LogP contribution in [-0.4, -0.2) is 35.6 Å².